The molecule has 1 saturated carbocycles. The molecule has 2 aromatic rings. The number of aromatic nitrogens is 1. The predicted molar refractivity (Wildman–Crippen MR) is 78.6 cm³/mol. The van der Waals surface area contributed by atoms with Gasteiger partial charge in [0.15, 0.2) is 0 Å². The van der Waals surface area contributed by atoms with Crippen molar-refractivity contribution in [3.63, 3.8) is 0 Å². The summed E-state index contributed by atoms with van der Waals surface area (Å²) in [5, 5.41) is 3.50. The van der Waals surface area contributed by atoms with E-state index in [1.165, 1.54) is 30.5 Å². The van der Waals surface area contributed by atoms with Crippen molar-refractivity contribution >= 4 is 11.4 Å². The molecule has 1 aliphatic rings. The molecule has 0 saturated heterocycles. The van der Waals surface area contributed by atoms with Gasteiger partial charge in [0, 0.05) is 31.5 Å². The van der Waals surface area contributed by atoms with E-state index >= 15 is 0 Å². The van der Waals surface area contributed by atoms with Crippen LogP contribution in [0.3, 0.4) is 0 Å². The van der Waals surface area contributed by atoms with E-state index < -0.39 is 0 Å². The Morgan fingerprint density at radius 3 is 2.95 bits per heavy atom. The number of nitrogens with zero attached hydrogens (tertiary/aromatic N) is 2. The van der Waals surface area contributed by atoms with E-state index in [0.717, 1.165) is 17.9 Å². The number of halogens is 1. The van der Waals surface area contributed by atoms with Gasteiger partial charge in [-0.3, -0.25) is 4.98 Å². The molecule has 0 aliphatic heterocycles. The molecule has 0 bridgehead atoms. The number of pyridine rings is 1. The van der Waals surface area contributed by atoms with Gasteiger partial charge in [0.1, 0.15) is 5.82 Å². The highest BCUT2D eigenvalue weighted by Crippen LogP contribution is 2.27. The van der Waals surface area contributed by atoms with E-state index in [1.807, 2.05) is 30.3 Å². The van der Waals surface area contributed by atoms with Gasteiger partial charge in [-0.05, 0) is 42.7 Å². The van der Waals surface area contributed by atoms with Gasteiger partial charge in [0.2, 0.25) is 0 Å². The molecule has 3 nitrogen and oxygen atoms in total. The molecule has 0 unspecified atom stereocenters. The standard InChI is InChI=1S/C16H18FN3/c1-20(15-4-2-3-13(17)9-15)16-11-18-8-7-12(16)10-19-14-5-6-14/h2-4,7-9,11,14,19H,5-6,10H2,1H3. The van der Waals surface area contributed by atoms with Gasteiger partial charge < -0.3 is 10.2 Å². The average Bonchev–Trinajstić information content (AvgIpc) is 3.29. The van der Waals surface area contributed by atoms with Gasteiger partial charge in [-0.15, -0.1) is 0 Å². The first-order chi connectivity index (χ1) is 9.74. The molecule has 1 aromatic carbocycles. The van der Waals surface area contributed by atoms with E-state index in [1.54, 1.807) is 12.3 Å². The molecule has 0 atom stereocenters. The maximum atomic E-state index is 13.4. The summed E-state index contributed by atoms with van der Waals surface area (Å²) in [5.74, 6) is -0.226. The third-order valence-corrected chi connectivity index (χ3v) is 3.60. The fourth-order valence-corrected chi connectivity index (χ4v) is 2.23. The van der Waals surface area contributed by atoms with Gasteiger partial charge in [-0.2, -0.15) is 0 Å². The second-order valence-electron chi connectivity index (χ2n) is 5.20. The molecule has 0 amide bonds. The summed E-state index contributed by atoms with van der Waals surface area (Å²) < 4.78 is 13.4. The smallest absolute Gasteiger partial charge is 0.125 e. The Hall–Kier alpha value is -1.94. The first-order valence-electron chi connectivity index (χ1n) is 6.89. The third kappa shape index (κ3) is 2.96. The van der Waals surface area contributed by atoms with Crippen LogP contribution in [0.5, 0.6) is 0 Å². The lowest BCUT2D eigenvalue weighted by Crippen LogP contribution is -2.19. The van der Waals surface area contributed by atoms with Crippen molar-refractivity contribution in [1.82, 2.24) is 10.3 Å². The summed E-state index contributed by atoms with van der Waals surface area (Å²) in [4.78, 5) is 6.17. The van der Waals surface area contributed by atoms with Crippen molar-refractivity contribution in [1.29, 1.82) is 0 Å². The molecule has 1 heterocycles. The van der Waals surface area contributed by atoms with Crippen molar-refractivity contribution < 1.29 is 4.39 Å². The lowest BCUT2D eigenvalue weighted by Gasteiger charge is -2.22. The minimum Gasteiger partial charge on any atom is -0.343 e. The molecule has 0 spiro atoms. The highest BCUT2D eigenvalue weighted by Gasteiger charge is 2.21. The number of hydrogen-bond acceptors (Lipinski definition) is 3. The maximum Gasteiger partial charge on any atom is 0.125 e. The van der Waals surface area contributed by atoms with Crippen molar-refractivity contribution in [3.8, 4) is 0 Å². The summed E-state index contributed by atoms with van der Waals surface area (Å²) in [7, 11) is 1.94. The van der Waals surface area contributed by atoms with Crippen LogP contribution >= 0.6 is 0 Å². The Morgan fingerprint density at radius 2 is 2.20 bits per heavy atom. The van der Waals surface area contributed by atoms with Gasteiger partial charge in [-0.1, -0.05) is 6.07 Å². The van der Waals surface area contributed by atoms with Crippen LogP contribution in [0.25, 0.3) is 0 Å². The Bertz CT molecular complexity index is 596. The Morgan fingerprint density at radius 1 is 1.35 bits per heavy atom. The predicted octanol–water partition coefficient (Wildman–Crippen LogP) is 3.24. The minimum atomic E-state index is -0.226. The summed E-state index contributed by atoms with van der Waals surface area (Å²) in [6.45, 7) is 0.822. The monoisotopic (exact) mass is 271 g/mol. The van der Waals surface area contributed by atoms with E-state index in [-0.39, 0.29) is 5.82 Å². The topological polar surface area (TPSA) is 28.2 Å². The SMILES string of the molecule is CN(c1cccc(F)c1)c1cnccc1CNC1CC1. The van der Waals surface area contributed by atoms with Crippen LogP contribution < -0.4 is 10.2 Å². The van der Waals surface area contributed by atoms with Crippen LogP contribution in [0.2, 0.25) is 0 Å². The number of rotatable bonds is 5. The zero-order valence-corrected chi connectivity index (χ0v) is 11.5. The largest absolute Gasteiger partial charge is 0.343 e. The number of hydrogen-bond donors (Lipinski definition) is 1. The van der Waals surface area contributed by atoms with Gasteiger partial charge in [0.25, 0.3) is 0 Å². The molecule has 104 valence electrons. The fraction of sp³-hybridized carbons (Fsp3) is 0.312. The molecule has 3 rings (SSSR count). The molecule has 20 heavy (non-hydrogen) atoms. The molecule has 1 fully saturated rings. The minimum absolute atomic E-state index is 0.226. The molecule has 1 aliphatic carbocycles. The Labute approximate surface area is 118 Å². The summed E-state index contributed by atoms with van der Waals surface area (Å²) in [6.07, 6.45) is 6.15. The second kappa shape index (κ2) is 5.59. The zero-order chi connectivity index (χ0) is 13.9. The molecular weight excluding hydrogens is 253 g/mol. The number of benzene rings is 1. The van der Waals surface area contributed by atoms with E-state index in [0.29, 0.717) is 6.04 Å². The highest BCUT2D eigenvalue weighted by atomic mass is 19.1. The number of nitrogens with one attached hydrogen (secondary N) is 1. The quantitative estimate of drug-likeness (QED) is 0.905. The molecular formula is C16H18FN3. The second-order valence-corrected chi connectivity index (χ2v) is 5.20. The van der Waals surface area contributed by atoms with Crippen LogP contribution in [0, 0.1) is 5.82 Å². The lowest BCUT2D eigenvalue weighted by molar-refractivity contribution is 0.628. The van der Waals surface area contributed by atoms with E-state index in [4.69, 9.17) is 0 Å². The Kier molecular flexibility index (Phi) is 3.65. The van der Waals surface area contributed by atoms with Crippen LogP contribution in [-0.4, -0.2) is 18.1 Å². The first kappa shape index (κ1) is 13.1. The van der Waals surface area contributed by atoms with Gasteiger partial charge in [0.05, 0.1) is 11.9 Å². The summed E-state index contributed by atoms with van der Waals surface area (Å²) >= 11 is 0. The third-order valence-electron chi connectivity index (χ3n) is 3.60. The first-order valence-corrected chi connectivity index (χ1v) is 6.89. The number of anilines is 2. The van der Waals surface area contributed by atoms with Crippen molar-refractivity contribution in [2.24, 2.45) is 0 Å². The maximum absolute atomic E-state index is 13.4. The summed E-state index contributed by atoms with van der Waals surface area (Å²) in [5.41, 5.74) is 3.01. The van der Waals surface area contributed by atoms with Crippen LogP contribution in [-0.2, 0) is 6.54 Å². The van der Waals surface area contributed by atoms with Gasteiger partial charge in [-0.25, -0.2) is 4.39 Å². The lowest BCUT2D eigenvalue weighted by atomic mass is 10.2. The summed E-state index contributed by atoms with van der Waals surface area (Å²) in [6, 6.07) is 9.28. The molecule has 4 heteroatoms. The highest BCUT2D eigenvalue weighted by molar-refractivity contribution is 5.64. The van der Waals surface area contributed by atoms with Crippen molar-refractivity contribution in [3.05, 3.63) is 54.1 Å². The molecule has 0 radical (unpaired) electrons. The van der Waals surface area contributed by atoms with Crippen LogP contribution in [0.4, 0.5) is 15.8 Å². The van der Waals surface area contributed by atoms with E-state index in [9.17, 15) is 4.39 Å². The average molecular weight is 271 g/mol. The van der Waals surface area contributed by atoms with Crippen molar-refractivity contribution in [2.75, 3.05) is 11.9 Å². The van der Waals surface area contributed by atoms with Crippen molar-refractivity contribution in [2.45, 2.75) is 25.4 Å². The molecule has 1 N–H and O–H groups in total. The fourth-order valence-electron chi connectivity index (χ4n) is 2.23. The van der Waals surface area contributed by atoms with E-state index in [2.05, 4.69) is 10.3 Å². The molecule has 1 aromatic heterocycles. The van der Waals surface area contributed by atoms with Gasteiger partial charge >= 0.3 is 0 Å². The van der Waals surface area contributed by atoms with Crippen LogP contribution in [0.1, 0.15) is 18.4 Å². The Balaban J connectivity index is 1.84. The zero-order valence-electron chi connectivity index (χ0n) is 11.5. The van der Waals surface area contributed by atoms with Crippen LogP contribution in [0.15, 0.2) is 42.7 Å². The normalized spacial score (nSPS) is 14.3.